The maximum absolute atomic E-state index is 12.4. The van der Waals surface area contributed by atoms with Gasteiger partial charge in [0.25, 0.3) is 0 Å². The highest BCUT2D eigenvalue weighted by Gasteiger charge is 2.42. The van der Waals surface area contributed by atoms with Crippen LogP contribution in [0.2, 0.25) is 18.1 Å². The zero-order chi connectivity index (χ0) is 19.5. The first kappa shape index (κ1) is 21.8. The molecule has 1 amide bonds. The minimum absolute atomic E-state index is 0.00470. The van der Waals surface area contributed by atoms with Gasteiger partial charge in [0.2, 0.25) is 0 Å². The van der Waals surface area contributed by atoms with Crippen molar-refractivity contribution in [2.45, 2.75) is 77.8 Å². The Morgan fingerprint density at radius 2 is 1.88 bits per heavy atom. The standard InChI is InChI=1S/C17H34N4O3Si/c1-16(2,3)23-15(22)21-10-9-14(13(12-21)11-19-20-18)24-25(7,8)17(4,5)6/h13-14H,9-12H2,1-8H3. The van der Waals surface area contributed by atoms with Gasteiger partial charge < -0.3 is 14.1 Å². The summed E-state index contributed by atoms with van der Waals surface area (Å²) < 4.78 is 12.0. The molecule has 1 fully saturated rings. The summed E-state index contributed by atoms with van der Waals surface area (Å²) in [5, 5.41) is 3.85. The van der Waals surface area contributed by atoms with Crippen molar-refractivity contribution in [3.05, 3.63) is 10.4 Å². The lowest BCUT2D eigenvalue weighted by atomic mass is 9.95. The zero-order valence-corrected chi connectivity index (χ0v) is 18.0. The van der Waals surface area contributed by atoms with Crippen LogP contribution in [-0.4, -0.2) is 50.6 Å². The average Bonchev–Trinajstić information content (AvgIpc) is 2.42. The third kappa shape index (κ3) is 6.53. The molecular weight excluding hydrogens is 336 g/mol. The summed E-state index contributed by atoms with van der Waals surface area (Å²) in [5.41, 5.74) is 8.17. The van der Waals surface area contributed by atoms with Gasteiger partial charge in [-0.3, -0.25) is 0 Å². The fourth-order valence-corrected chi connectivity index (χ4v) is 3.95. The summed E-state index contributed by atoms with van der Waals surface area (Å²) in [7, 11) is -1.93. The van der Waals surface area contributed by atoms with Crippen LogP contribution in [0.3, 0.4) is 0 Å². The van der Waals surface area contributed by atoms with E-state index in [2.05, 4.69) is 43.9 Å². The van der Waals surface area contributed by atoms with E-state index in [1.165, 1.54) is 0 Å². The van der Waals surface area contributed by atoms with Crippen LogP contribution in [0.15, 0.2) is 5.11 Å². The molecule has 1 aliphatic rings. The molecule has 144 valence electrons. The van der Waals surface area contributed by atoms with Crippen LogP contribution in [-0.2, 0) is 9.16 Å². The molecule has 0 aliphatic carbocycles. The molecule has 0 aromatic carbocycles. The molecule has 0 bridgehead atoms. The third-order valence-corrected chi connectivity index (χ3v) is 9.45. The van der Waals surface area contributed by atoms with Gasteiger partial charge in [-0.25, -0.2) is 4.79 Å². The van der Waals surface area contributed by atoms with Gasteiger partial charge in [0.05, 0.1) is 6.10 Å². The highest BCUT2D eigenvalue weighted by molar-refractivity contribution is 6.74. The van der Waals surface area contributed by atoms with E-state index in [4.69, 9.17) is 14.7 Å². The number of hydrogen-bond donors (Lipinski definition) is 0. The van der Waals surface area contributed by atoms with E-state index >= 15 is 0 Å². The van der Waals surface area contributed by atoms with Gasteiger partial charge in [0, 0.05) is 30.5 Å². The Labute approximate surface area is 152 Å². The highest BCUT2D eigenvalue weighted by atomic mass is 28.4. The Hall–Kier alpha value is -1.24. The Kier molecular flexibility index (Phi) is 6.95. The zero-order valence-electron chi connectivity index (χ0n) is 17.0. The molecule has 7 nitrogen and oxygen atoms in total. The predicted octanol–water partition coefficient (Wildman–Crippen LogP) is 4.94. The Morgan fingerprint density at radius 3 is 2.36 bits per heavy atom. The van der Waals surface area contributed by atoms with Gasteiger partial charge in [0.1, 0.15) is 5.60 Å². The minimum Gasteiger partial charge on any atom is -0.444 e. The molecule has 2 atom stereocenters. The fraction of sp³-hybridized carbons (Fsp3) is 0.941. The van der Waals surface area contributed by atoms with Crippen LogP contribution in [0.25, 0.3) is 10.4 Å². The molecular formula is C17H34N4O3Si. The van der Waals surface area contributed by atoms with Crippen molar-refractivity contribution in [2.24, 2.45) is 11.0 Å². The molecule has 0 N–H and O–H groups in total. The molecule has 0 spiro atoms. The Balaban J connectivity index is 2.86. The normalized spacial score (nSPS) is 22.3. The second kappa shape index (κ2) is 7.97. The molecule has 2 unspecified atom stereocenters. The van der Waals surface area contributed by atoms with Gasteiger partial charge in [-0.15, -0.1) is 0 Å². The summed E-state index contributed by atoms with van der Waals surface area (Å²) in [5.74, 6) is -0.00806. The van der Waals surface area contributed by atoms with E-state index in [0.717, 1.165) is 6.42 Å². The lowest BCUT2D eigenvalue weighted by molar-refractivity contribution is -0.00360. The average molecular weight is 371 g/mol. The predicted molar refractivity (Wildman–Crippen MR) is 102 cm³/mol. The first-order valence-corrected chi connectivity index (χ1v) is 11.8. The number of hydrogen-bond acceptors (Lipinski definition) is 4. The van der Waals surface area contributed by atoms with Crippen LogP contribution in [0.1, 0.15) is 48.0 Å². The van der Waals surface area contributed by atoms with E-state index in [9.17, 15) is 4.79 Å². The van der Waals surface area contributed by atoms with Crippen LogP contribution in [0, 0.1) is 5.92 Å². The second-order valence-electron chi connectivity index (χ2n) is 9.31. The van der Waals surface area contributed by atoms with Crippen LogP contribution in [0.4, 0.5) is 4.79 Å². The van der Waals surface area contributed by atoms with Crippen molar-refractivity contribution < 1.29 is 14.0 Å². The SMILES string of the molecule is CC(C)(C)OC(=O)N1CCC(O[Si](C)(C)C(C)(C)C)C(CN=[N+]=[N-])C1. The number of amides is 1. The summed E-state index contributed by atoms with van der Waals surface area (Å²) in [6.45, 7) is 18.0. The quantitative estimate of drug-likeness (QED) is 0.304. The number of carbonyl (C=O) groups excluding carboxylic acids is 1. The lowest BCUT2D eigenvalue weighted by Gasteiger charge is -2.45. The smallest absolute Gasteiger partial charge is 0.410 e. The first-order valence-electron chi connectivity index (χ1n) is 8.93. The van der Waals surface area contributed by atoms with Crippen LogP contribution >= 0.6 is 0 Å². The number of ether oxygens (including phenoxy) is 1. The van der Waals surface area contributed by atoms with E-state index in [1.54, 1.807) is 4.90 Å². The second-order valence-corrected chi connectivity index (χ2v) is 14.1. The van der Waals surface area contributed by atoms with E-state index in [0.29, 0.717) is 19.6 Å². The summed E-state index contributed by atoms with van der Waals surface area (Å²) >= 11 is 0. The van der Waals surface area contributed by atoms with Crippen molar-refractivity contribution in [2.75, 3.05) is 19.6 Å². The highest BCUT2D eigenvalue weighted by Crippen LogP contribution is 2.39. The molecule has 8 heteroatoms. The van der Waals surface area contributed by atoms with Gasteiger partial charge in [-0.1, -0.05) is 25.9 Å². The lowest BCUT2D eigenvalue weighted by Crippen LogP contribution is -2.53. The maximum Gasteiger partial charge on any atom is 0.410 e. The summed E-state index contributed by atoms with van der Waals surface area (Å²) in [6, 6.07) is 0. The van der Waals surface area contributed by atoms with Crippen LogP contribution in [0.5, 0.6) is 0 Å². The van der Waals surface area contributed by atoms with Crippen molar-refractivity contribution >= 4 is 14.4 Å². The van der Waals surface area contributed by atoms with Crippen molar-refractivity contribution in [3.8, 4) is 0 Å². The number of azide groups is 1. The van der Waals surface area contributed by atoms with E-state index in [-0.39, 0.29) is 23.2 Å². The fourth-order valence-electron chi connectivity index (χ4n) is 2.53. The number of likely N-dealkylation sites (tertiary alicyclic amines) is 1. The van der Waals surface area contributed by atoms with Gasteiger partial charge >= 0.3 is 6.09 Å². The van der Waals surface area contributed by atoms with Crippen molar-refractivity contribution in [1.29, 1.82) is 0 Å². The Morgan fingerprint density at radius 1 is 1.28 bits per heavy atom. The number of nitrogens with zero attached hydrogens (tertiary/aromatic N) is 4. The topological polar surface area (TPSA) is 87.5 Å². The van der Waals surface area contributed by atoms with Crippen molar-refractivity contribution in [3.63, 3.8) is 0 Å². The minimum atomic E-state index is -1.93. The molecule has 1 rings (SSSR count). The van der Waals surface area contributed by atoms with Crippen molar-refractivity contribution in [1.82, 2.24) is 4.90 Å². The van der Waals surface area contributed by atoms with Gasteiger partial charge in [0.15, 0.2) is 8.32 Å². The maximum atomic E-state index is 12.4. The molecule has 0 radical (unpaired) electrons. The molecule has 25 heavy (non-hydrogen) atoms. The van der Waals surface area contributed by atoms with E-state index in [1.807, 2.05) is 20.8 Å². The molecule has 0 aromatic heterocycles. The number of piperidine rings is 1. The monoisotopic (exact) mass is 370 g/mol. The van der Waals surface area contributed by atoms with Crippen LogP contribution < -0.4 is 0 Å². The first-order chi connectivity index (χ1) is 11.3. The van der Waals surface area contributed by atoms with Gasteiger partial charge in [-0.2, -0.15) is 0 Å². The number of rotatable bonds is 4. The van der Waals surface area contributed by atoms with E-state index < -0.39 is 13.9 Å². The molecule has 1 heterocycles. The molecule has 1 saturated heterocycles. The molecule has 1 aliphatic heterocycles. The Bertz CT molecular complexity index is 519. The number of carbonyl (C=O) groups is 1. The summed E-state index contributed by atoms with van der Waals surface area (Å²) in [6.07, 6.45) is 0.423. The molecule has 0 aromatic rings. The molecule has 0 saturated carbocycles. The third-order valence-electron chi connectivity index (χ3n) is 4.95. The largest absolute Gasteiger partial charge is 0.444 e. The van der Waals surface area contributed by atoms with Gasteiger partial charge in [-0.05, 0) is 50.9 Å². The summed E-state index contributed by atoms with van der Waals surface area (Å²) in [4.78, 5) is 16.9.